The number of hydrogen-bond donors (Lipinski definition) is 0. The molecular weight excluding hydrogens is 448 g/mol. The highest BCUT2D eigenvalue weighted by Crippen LogP contribution is 2.48. The number of benzene rings is 7. The zero-order chi connectivity index (χ0) is 24.3. The predicted octanol–water partition coefficient (Wildman–Crippen LogP) is 10.4. The van der Waals surface area contributed by atoms with Gasteiger partial charge >= 0.3 is 0 Å². The summed E-state index contributed by atoms with van der Waals surface area (Å²) in [6.07, 6.45) is 0. The van der Waals surface area contributed by atoms with Gasteiger partial charge in [0.05, 0.1) is 0 Å². The van der Waals surface area contributed by atoms with Crippen molar-refractivity contribution < 1.29 is 4.42 Å². The van der Waals surface area contributed by atoms with Crippen LogP contribution in [0.1, 0.15) is 0 Å². The van der Waals surface area contributed by atoms with Gasteiger partial charge in [0.15, 0.2) is 0 Å². The van der Waals surface area contributed by atoms with E-state index in [0.29, 0.717) is 0 Å². The molecule has 0 spiro atoms. The molecule has 0 radical (unpaired) electrons. The summed E-state index contributed by atoms with van der Waals surface area (Å²) in [5, 5.41) is 9.75. The molecule has 0 atom stereocenters. The monoisotopic (exact) mass is 470 g/mol. The van der Waals surface area contributed by atoms with E-state index in [9.17, 15) is 0 Å². The summed E-state index contributed by atoms with van der Waals surface area (Å²) in [4.78, 5) is 0. The van der Waals surface area contributed by atoms with Crippen molar-refractivity contribution in [1.82, 2.24) is 0 Å². The second kappa shape index (κ2) is 7.81. The molecule has 1 heterocycles. The van der Waals surface area contributed by atoms with Crippen LogP contribution in [0.25, 0.3) is 76.5 Å². The topological polar surface area (TPSA) is 13.1 Å². The lowest BCUT2D eigenvalue weighted by Gasteiger charge is -2.18. The number of para-hydroxylation sites is 1. The Morgan fingerprint density at radius 3 is 1.59 bits per heavy atom. The van der Waals surface area contributed by atoms with Crippen LogP contribution in [0, 0.1) is 0 Å². The van der Waals surface area contributed by atoms with Gasteiger partial charge in [-0.05, 0) is 55.6 Å². The minimum atomic E-state index is 0.921. The summed E-state index contributed by atoms with van der Waals surface area (Å²) in [7, 11) is 0. The van der Waals surface area contributed by atoms with E-state index in [1.165, 1.54) is 54.4 Å². The molecule has 0 aliphatic carbocycles. The third-order valence-corrected chi connectivity index (χ3v) is 7.63. The van der Waals surface area contributed by atoms with Gasteiger partial charge in [-0.2, -0.15) is 0 Å². The quantitative estimate of drug-likeness (QED) is 0.229. The van der Waals surface area contributed by atoms with Crippen molar-refractivity contribution in [2.24, 2.45) is 0 Å². The van der Waals surface area contributed by atoms with Crippen LogP contribution < -0.4 is 0 Å². The highest BCUT2D eigenvalue weighted by Gasteiger charge is 2.21. The Morgan fingerprint density at radius 2 is 0.919 bits per heavy atom. The lowest BCUT2D eigenvalue weighted by molar-refractivity contribution is 0.670. The van der Waals surface area contributed by atoms with Gasteiger partial charge in [-0.25, -0.2) is 0 Å². The van der Waals surface area contributed by atoms with Gasteiger partial charge in [0.2, 0.25) is 0 Å². The molecule has 8 aromatic rings. The Balaban J connectivity index is 1.62. The SMILES string of the molecule is c1ccc(-c2c3ccccc3c(-c3cc4ccccc4c4c3oc3ccccc34)c3ccccc23)cc1. The standard InChI is InChI=1S/C36H22O/c1-2-12-23(13-3-1)33-26-16-6-8-18-28(26)34(29-19-9-7-17-27(29)33)31-22-24-14-4-5-15-25(24)35-30-20-10-11-21-32(30)37-36(31)35/h1-22H. The first-order valence-electron chi connectivity index (χ1n) is 12.7. The van der Waals surface area contributed by atoms with Crippen molar-refractivity contribution in [2.45, 2.75) is 0 Å². The molecule has 0 fully saturated rings. The van der Waals surface area contributed by atoms with E-state index in [-0.39, 0.29) is 0 Å². The van der Waals surface area contributed by atoms with Crippen molar-refractivity contribution in [3.63, 3.8) is 0 Å². The fraction of sp³-hybridized carbons (Fsp3) is 0. The Kier molecular flexibility index (Phi) is 4.29. The van der Waals surface area contributed by atoms with Crippen LogP contribution in [0.5, 0.6) is 0 Å². The maximum Gasteiger partial charge on any atom is 0.143 e. The molecule has 0 aliphatic rings. The van der Waals surface area contributed by atoms with Gasteiger partial charge in [0.25, 0.3) is 0 Å². The molecule has 0 bridgehead atoms. The fourth-order valence-corrected chi connectivity index (χ4v) is 6.09. The first kappa shape index (κ1) is 20.3. The molecule has 0 saturated heterocycles. The molecule has 0 N–H and O–H groups in total. The number of rotatable bonds is 2. The zero-order valence-corrected chi connectivity index (χ0v) is 20.1. The van der Waals surface area contributed by atoms with E-state index in [4.69, 9.17) is 4.42 Å². The molecular formula is C36H22O. The van der Waals surface area contributed by atoms with Crippen molar-refractivity contribution in [1.29, 1.82) is 0 Å². The predicted molar refractivity (Wildman–Crippen MR) is 157 cm³/mol. The largest absolute Gasteiger partial charge is 0.455 e. The molecule has 1 heteroatoms. The highest BCUT2D eigenvalue weighted by molar-refractivity contribution is 6.28. The second-order valence-corrected chi connectivity index (χ2v) is 9.65. The summed E-state index contributed by atoms with van der Waals surface area (Å²) in [6.45, 7) is 0. The van der Waals surface area contributed by atoms with Crippen LogP contribution in [0.4, 0.5) is 0 Å². The molecule has 8 rings (SSSR count). The third-order valence-electron chi connectivity index (χ3n) is 7.63. The van der Waals surface area contributed by atoms with Crippen molar-refractivity contribution in [2.75, 3.05) is 0 Å². The van der Waals surface area contributed by atoms with Crippen molar-refractivity contribution >= 4 is 54.3 Å². The minimum Gasteiger partial charge on any atom is -0.455 e. The first-order chi connectivity index (χ1) is 18.4. The number of furan rings is 1. The van der Waals surface area contributed by atoms with Gasteiger partial charge in [0, 0.05) is 21.9 Å². The van der Waals surface area contributed by atoms with Gasteiger partial charge < -0.3 is 4.42 Å². The van der Waals surface area contributed by atoms with Gasteiger partial charge in [-0.1, -0.05) is 121 Å². The molecule has 7 aromatic carbocycles. The van der Waals surface area contributed by atoms with E-state index in [0.717, 1.165) is 22.1 Å². The van der Waals surface area contributed by atoms with Crippen LogP contribution in [0.2, 0.25) is 0 Å². The molecule has 0 unspecified atom stereocenters. The molecule has 0 saturated carbocycles. The molecule has 172 valence electrons. The van der Waals surface area contributed by atoms with Gasteiger partial charge in [0.1, 0.15) is 11.2 Å². The summed E-state index contributed by atoms with van der Waals surface area (Å²) < 4.78 is 6.66. The second-order valence-electron chi connectivity index (χ2n) is 9.65. The van der Waals surface area contributed by atoms with E-state index < -0.39 is 0 Å². The van der Waals surface area contributed by atoms with E-state index >= 15 is 0 Å². The van der Waals surface area contributed by atoms with E-state index in [2.05, 4.69) is 127 Å². The highest BCUT2D eigenvalue weighted by atomic mass is 16.3. The Morgan fingerprint density at radius 1 is 0.405 bits per heavy atom. The molecule has 37 heavy (non-hydrogen) atoms. The normalized spacial score (nSPS) is 11.8. The summed E-state index contributed by atoms with van der Waals surface area (Å²) in [6, 6.07) is 47.7. The van der Waals surface area contributed by atoms with Crippen LogP contribution in [-0.4, -0.2) is 0 Å². The molecule has 1 aromatic heterocycles. The van der Waals surface area contributed by atoms with Crippen molar-refractivity contribution in [3.8, 4) is 22.3 Å². The fourth-order valence-electron chi connectivity index (χ4n) is 6.09. The van der Waals surface area contributed by atoms with Crippen LogP contribution in [-0.2, 0) is 0 Å². The third kappa shape index (κ3) is 2.92. The molecule has 0 amide bonds. The number of fused-ring (bicyclic) bond motifs is 7. The van der Waals surface area contributed by atoms with Crippen LogP contribution >= 0.6 is 0 Å². The maximum absolute atomic E-state index is 6.66. The van der Waals surface area contributed by atoms with Crippen LogP contribution in [0.15, 0.2) is 138 Å². The lowest BCUT2D eigenvalue weighted by atomic mass is 9.85. The van der Waals surface area contributed by atoms with Gasteiger partial charge in [-0.3, -0.25) is 0 Å². The number of hydrogen-bond acceptors (Lipinski definition) is 1. The average molecular weight is 471 g/mol. The van der Waals surface area contributed by atoms with E-state index in [1.54, 1.807) is 0 Å². The van der Waals surface area contributed by atoms with Crippen LogP contribution in [0.3, 0.4) is 0 Å². The summed E-state index contributed by atoms with van der Waals surface area (Å²) in [5.41, 5.74) is 6.73. The lowest BCUT2D eigenvalue weighted by Crippen LogP contribution is -1.91. The van der Waals surface area contributed by atoms with Crippen molar-refractivity contribution in [3.05, 3.63) is 133 Å². The zero-order valence-electron chi connectivity index (χ0n) is 20.1. The smallest absolute Gasteiger partial charge is 0.143 e. The minimum absolute atomic E-state index is 0.921. The molecule has 0 aliphatic heterocycles. The Hall–Kier alpha value is -4.88. The van der Waals surface area contributed by atoms with Gasteiger partial charge in [-0.15, -0.1) is 0 Å². The summed E-state index contributed by atoms with van der Waals surface area (Å²) in [5.74, 6) is 0. The summed E-state index contributed by atoms with van der Waals surface area (Å²) >= 11 is 0. The van der Waals surface area contributed by atoms with E-state index in [1.807, 2.05) is 6.07 Å². The maximum atomic E-state index is 6.66. The average Bonchev–Trinajstić information content (AvgIpc) is 3.36. The Labute approximate surface area is 214 Å². The molecule has 1 nitrogen and oxygen atoms in total. The Bertz CT molecular complexity index is 2070. The first-order valence-corrected chi connectivity index (χ1v) is 12.7.